The minimum atomic E-state index is -0.339. The summed E-state index contributed by atoms with van der Waals surface area (Å²) in [6, 6.07) is 5.95. The second kappa shape index (κ2) is 7.09. The fraction of sp³-hybridized carbons (Fsp3) is 0.421. The van der Waals surface area contributed by atoms with Crippen LogP contribution in [0.3, 0.4) is 0 Å². The first-order valence-corrected chi connectivity index (χ1v) is 9.46. The lowest BCUT2D eigenvalue weighted by molar-refractivity contribution is 0.0761. The summed E-state index contributed by atoms with van der Waals surface area (Å²) in [4.78, 5) is 30.6. The van der Waals surface area contributed by atoms with Crippen molar-refractivity contribution in [2.75, 3.05) is 33.7 Å². The molecule has 28 heavy (non-hydrogen) atoms. The van der Waals surface area contributed by atoms with E-state index in [-0.39, 0.29) is 46.3 Å². The van der Waals surface area contributed by atoms with Gasteiger partial charge in [0.1, 0.15) is 11.5 Å². The van der Waals surface area contributed by atoms with Gasteiger partial charge in [-0.15, -0.1) is 0 Å². The van der Waals surface area contributed by atoms with Gasteiger partial charge < -0.3 is 14.7 Å². The van der Waals surface area contributed by atoms with Gasteiger partial charge in [-0.25, -0.2) is 9.18 Å². The molecule has 0 bridgehead atoms. The van der Waals surface area contributed by atoms with Gasteiger partial charge in [-0.3, -0.25) is 9.89 Å². The Morgan fingerprint density at radius 2 is 2.07 bits per heavy atom. The highest BCUT2D eigenvalue weighted by Crippen LogP contribution is 2.45. The second-order valence-electron chi connectivity index (χ2n) is 7.56. The van der Waals surface area contributed by atoms with Crippen molar-refractivity contribution in [2.24, 2.45) is 11.8 Å². The number of carbonyl (C=O) groups is 2. The van der Waals surface area contributed by atoms with E-state index in [0.717, 1.165) is 5.56 Å². The molecule has 0 aliphatic carbocycles. The normalized spacial score (nSPS) is 23.8. The molecule has 2 aromatic rings. The van der Waals surface area contributed by atoms with Crippen molar-refractivity contribution in [3.8, 4) is 0 Å². The Morgan fingerprint density at radius 3 is 2.71 bits per heavy atom. The predicted molar refractivity (Wildman–Crippen MR) is 101 cm³/mol. The summed E-state index contributed by atoms with van der Waals surface area (Å²) >= 11 is 6.03. The van der Waals surface area contributed by atoms with Crippen molar-refractivity contribution in [3.63, 3.8) is 0 Å². The maximum atomic E-state index is 13.9. The molecule has 2 fully saturated rings. The molecule has 7 nitrogen and oxygen atoms in total. The number of amides is 3. The SMILES string of the molecule is CN(C)C(=O)N1C[C@H]2CN(C(=O)c3[nH]ncc3Cl)C[C@H]2[C@@H]1c1cccc(F)c1. The zero-order valence-corrected chi connectivity index (χ0v) is 16.4. The van der Waals surface area contributed by atoms with E-state index in [2.05, 4.69) is 10.2 Å². The highest BCUT2D eigenvalue weighted by atomic mass is 35.5. The number of carbonyl (C=O) groups excluding carboxylic acids is 2. The van der Waals surface area contributed by atoms with Crippen LogP contribution in [-0.4, -0.2) is 70.6 Å². The van der Waals surface area contributed by atoms with Crippen molar-refractivity contribution < 1.29 is 14.0 Å². The summed E-state index contributed by atoms with van der Waals surface area (Å²) < 4.78 is 13.9. The van der Waals surface area contributed by atoms with Crippen LogP contribution in [0.2, 0.25) is 5.02 Å². The quantitative estimate of drug-likeness (QED) is 0.834. The Bertz CT molecular complexity index is 917. The number of benzene rings is 1. The molecule has 2 aliphatic heterocycles. The van der Waals surface area contributed by atoms with Gasteiger partial charge in [0.2, 0.25) is 0 Å². The number of likely N-dealkylation sites (tertiary alicyclic amines) is 2. The number of hydrogen-bond acceptors (Lipinski definition) is 3. The number of nitrogens with one attached hydrogen (secondary N) is 1. The van der Waals surface area contributed by atoms with E-state index in [1.807, 2.05) is 6.07 Å². The number of hydrogen-bond donors (Lipinski definition) is 1. The second-order valence-corrected chi connectivity index (χ2v) is 7.96. The zero-order chi connectivity index (χ0) is 20.0. The summed E-state index contributed by atoms with van der Waals surface area (Å²) in [5, 5.41) is 6.74. The van der Waals surface area contributed by atoms with Gasteiger partial charge in [-0.2, -0.15) is 5.10 Å². The van der Waals surface area contributed by atoms with E-state index in [4.69, 9.17) is 11.6 Å². The summed E-state index contributed by atoms with van der Waals surface area (Å²) in [7, 11) is 3.41. The molecule has 2 saturated heterocycles. The van der Waals surface area contributed by atoms with Crippen molar-refractivity contribution in [2.45, 2.75) is 6.04 Å². The first-order chi connectivity index (χ1) is 13.4. The number of aromatic amines is 1. The molecule has 2 aliphatic rings. The van der Waals surface area contributed by atoms with Gasteiger partial charge in [0, 0.05) is 45.6 Å². The first kappa shape index (κ1) is 18.7. The summed E-state index contributed by atoms with van der Waals surface area (Å²) in [5.74, 6) is -0.409. The van der Waals surface area contributed by atoms with Crippen molar-refractivity contribution in [3.05, 3.63) is 52.6 Å². The molecular formula is C19H21ClFN5O2. The van der Waals surface area contributed by atoms with E-state index in [9.17, 15) is 14.0 Å². The monoisotopic (exact) mass is 405 g/mol. The molecule has 1 aromatic carbocycles. The summed E-state index contributed by atoms with van der Waals surface area (Å²) in [5.41, 5.74) is 1.02. The number of fused-ring (bicyclic) bond motifs is 1. The molecule has 3 heterocycles. The zero-order valence-electron chi connectivity index (χ0n) is 15.6. The molecule has 3 atom stereocenters. The molecule has 3 amide bonds. The van der Waals surface area contributed by atoms with Gasteiger partial charge in [0.15, 0.2) is 0 Å². The van der Waals surface area contributed by atoms with E-state index < -0.39 is 0 Å². The highest BCUT2D eigenvalue weighted by Gasteiger charge is 2.50. The van der Waals surface area contributed by atoms with Crippen LogP contribution < -0.4 is 0 Å². The van der Waals surface area contributed by atoms with Gasteiger partial charge in [-0.05, 0) is 17.7 Å². The molecule has 9 heteroatoms. The number of H-pyrrole nitrogens is 1. The molecule has 0 radical (unpaired) electrons. The van der Waals surface area contributed by atoms with Crippen LogP contribution in [0.25, 0.3) is 0 Å². The standard InChI is InChI=1S/C19H21ClFN5O2/c1-24(2)19(28)26-9-12-8-25(18(27)16-15(20)7-22-23-16)10-14(12)17(26)11-4-3-5-13(21)6-11/h3-7,12,14,17H,8-10H2,1-2H3,(H,22,23)/t12-,14-,17+/m1/s1. The maximum Gasteiger partial charge on any atom is 0.320 e. The molecule has 4 rings (SSSR count). The smallest absolute Gasteiger partial charge is 0.320 e. The fourth-order valence-corrected chi connectivity index (χ4v) is 4.53. The lowest BCUT2D eigenvalue weighted by Gasteiger charge is -2.31. The maximum absolute atomic E-state index is 13.9. The molecule has 1 N–H and O–H groups in total. The van der Waals surface area contributed by atoms with Crippen LogP contribution in [0.15, 0.2) is 30.5 Å². The van der Waals surface area contributed by atoms with Crippen LogP contribution in [0, 0.1) is 17.7 Å². The van der Waals surface area contributed by atoms with E-state index in [1.54, 1.807) is 30.0 Å². The minimum absolute atomic E-state index is 0.0244. The third kappa shape index (κ3) is 3.11. The number of aromatic nitrogens is 2. The average molecular weight is 406 g/mol. The molecule has 0 saturated carbocycles. The van der Waals surface area contributed by atoms with E-state index in [0.29, 0.717) is 19.6 Å². The van der Waals surface area contributed by atoms with Gasteiger partial charge in [0.25, 0.3) is 5.91 Å². The molecular weight excluding hydrogens is 385 g/mol. The van der Waals surface area contributed by atoms with Crippen LogP contribution in [-0.2, 0) is 0 Å². The van der Waals surface area contributed by atoms with Gasteiger partial charge in [-0.1, -0.05) is 23.7 Å². The third-order valence-electron chi connectivity index (χ3n) is 5.58. The minimum Gasteiger partial charge on any atom is -0.337 e. The number of urea groups is 1. The lowest BCUT2D eigenvalue weighted by Crippen LogP contribution is -2.42. The number of nitrogens with zero attached hydrogens (tertiary/aromatic N) is 4. The Hall–Kier alpha value is -2.61. The topological polar surface area (TPSA) is 72.5 Å². The molecule has 148 valence electrons. The molecule has 0 unspecified atom stereocenters. The molecule has 0 spiro atoms. The fourth-order valence-electron chi connectivity index (χ4n) is 4.36. The van der Waals surface area contributed by atoms with Crippen LogP contribution >= 0.6 is 11.6 Å². The van der Waals surface area contributed by atoms with Crippen molar-refractivity contribution >= 4 is 23.5 Å². The van der Waals surface area contributed by atoms with Crippen LogP contribution in [0.4, 0.5) is 9.18 Å². The number of rotatable bonds is 2. The third-order valence-corrected chi connectivity index (χ3v) is 5.86. The number of halogens is 2. The average Bonchev–Trinajstić information content (AvgIpc) is 3.33. The van der Waals surface area contributed by atoms with E-state index in [1.165, 1.54) is 23.2 Å². The Morgan fingerprint density at radius 1 is 1.29 bits per heavy atom. The summed E-state index contributed by atoms with van der Waals surface area (Å²) in [6.07, 6.45) is 1.40. The highest BCUT2D eigenvalue weighted by molar-refractivity contribution is 6.33. The molecule has 1 aromatic heterocycles. The largest absolute Gasteiger partial charge is 0.337 e. The predicted octanol–water partition coefficient (Wildman–Crippen LogP) is 2.63. The van der Waals surface area contributed by atoms with Gasteiger partial charge in [0.05, 0.1) is 17.3 Å². The van der Waals surface area contributed by atoms with Crippen LogP contribution in [0.5, 0.6) is 0 Å². The van der Waals surface area contributed by atoms with Crippen molar-refractivity contribution in [1.82, 2.24) is 24.9 Å². The van der Waals surface area contributed by atoms with E-state index >= 15 is 0 Å². The Kier molecular flexibility index (Phi) is 4.74. The first-order valence-electron chi connectivity index (χ1n) is 9.08. The Labute approximate surface area is 167 Å². The van der Waals surface area contributed by atoms with Crippen LogP contribution in [0.1, 0.15) is 22.1 Å². The summed E-state index contributed by atoms with van der Waals surface area (Å²) in [6.45, 7) is 1.50. The van der Waals surface area contributed by atoms with Gasteiger partial charge >= 0.3 is 6.03 Å². The Balaban J connectivity index is 1.63. The van der Waals surface area contributed by atoms with Crippen molar-refractivity contribution in [1.29, 1.82) is 0 Å². The lowest BCUT2D eigenvalue weighted by atomic mass is 9.89.